The van der Waals surface area contributed by atoms with Crippen molar-refractivity contribution >= 4 is 99.1 Å². The lowest BCUT2D eigenvalue weighted by Gasteiger charge is -2.23. The van der Waals surface area contributed by atoms with Gasteiger partial charge >= 0.3 is 0 Å². The number of nitrogens with one attached hydrogen (secondary N) is 10. The Morgan fingerprint density at radius 1 is 0.469 bits per heavy atom. The zero-order valence-electron chi connectivity index (χ0n) is 59.1. The normalized spacial score (nSPS) is 29.1. The second-order valence-electron chi connectivity index (χ2n) is 26.3. The molecule has 23 nitrogen and oxygen atoms in total. The van der Waals surface area contributed by atoms with E-state index in [2.05, 4.69) is 53.2 Å². The van der Waals surface area contributed by atoms with E-state index in [1.165, 1.54) is 30.4 Å². The Balaban J connectivity index is 0.000000409. The summed E-state index contributed by atoms with van der Waals surface area (Å²) >= 11 is 3.28. The van der Waals surface area contributed by atoms with Crippen LogP contribution in [0.15, 0.2) is 89.9 Å². The summed E-state index contributed by atoms with van der Waals surface area (Å²) in [6, 6.07) is 6.96. The first-order chi connectivity index (χ1) is 45.3. The predicted molar refractivity (Wildman–Crippen MR) is 384 cm³/mol. The molecule has 1 aromatic rings. The number of carbonyl (C=O) groups excluding carboxylic acids is 10. The van der Waals surface area contributed by atoms with Gasteiger partial charge in [-0.1, -0.05) is 146 Å². The molecular formula is C70H112N10O13S3. The zero-order chi connectivity index (χ0) is 72.0. The Morgan fingerprint density at radius 2 is 0.865 bits per heavy atom. The number of para-hydroxylation sites is 1. The molecular weight excluding hydrogens is 1290 g/mol. The Morgan fingerprint density at radius 3 is 1.34 bits per heavy atom. The number of hydrogen-bond donors (Lipinski definition) is 11. The quantitative estimate of drug-likeness (QED) is 0.173. The summed E-state index contributed by atoms with van der Waals surface area (Å²) in [4.78, 5) is 119. The van der Waals surface area contributed by atoms with Crippen LogP contribution in [0.25, 0.3) is 0 Å². The van der Waals surface area contributed by atoms with Gasteiger partial charge in [0.05, 0.1) is 30.9 Å². The molecule has 1 unspecified atom stereocenters. The number of benzene rings is 1. The number of fused-ring (bicyclic) bond motifs is 1. The Labute approximate surface area is 581 Å². The van der Waals surface area contributed by atoms with Crippen molar-refractivity contribution in [3.63, 3.8) is 0 Å². The van der Waals surface area contributed by atoms with E-state index in [4.69, 9.17) is 4.74 Å². The van der Waals surface area contributed by atoms with Crippen molar-refractivity contribution in [2.75, 3.05) is 73.5 Å². The molecule has 1 aromatic carbocycles. The summed E-state index contributed by atoms with van der Waals surface area (Å²) in [6.07, 6.45) is 16.5. The number of aliphatic hydroxyl groups excluding tert-OH is 1. The summed E-state index contributed by atoms with van der Waals surface area (Å²) < 4.78 is 17.1. The zero-order valence-corrected chi connectivity index (χ0v) is 61.5. The summed E-state index contributed by atoms with van der Waals surface area (Å²) in [7, 11) is -1.09. The Bertz CT molecular complexity index is 2780. The maximum absolute atomic E-state index is 12.3. The molecule has 0 aliphatic carbocycles. The smallest absolute Gasteiger partial charge is 0.248 e. The first-order valence-corrected chi connectivity index (χ1v) is 37.2. The number of thioether (sulfide) groups is 2. The van der Waals surface area contributed by atoms with Crippen molar-refractivity contribution in [1.29, 1.82) is 0 Å². The standard InChI is InChI=1S/C17H22N2O2S.C14H24N2O3.C13H22N2O3S.C13H22N2O3.C13H22N2O2S/c1-11(2)13-8-9-16(20)18-14-6-4-5-7-15(14)22-10-12(3)17(21)19-13;1-9(2)12-6-7-13(18)15-8-11(17)5-4-10(3)14(19)16-12;1-9(2)11-4-5-12(16)14-6-7-19(18)8-10(3)13(17)15-11;2*1-9(2)11-4-5-12(16)14-6-7-18-8-10(3)13(17)15-11/h4-9,11-13H,10H2,1-3H3,(H,18,20)(H,19,21);6-7,9-12,17H,4-5,8H2,1-3H3,(H,15,18)(H,16,19);4-5,9-11H,6-8H2,1-3H3,(H,14,16)(H,15,17);2*4-5,9-11H,6-8H2,1-3H3,(H,14,16)(H,15,17)/b9-8+;7-6+;3*5-4+/t12-,13+;10-,11+,12+;10-,11+,19?;2*10-,11+/m00000/s1. The van der Waals surface area contributed by atoms with Crippen LogP contribution in [0.5, 0.6) is 0 Å². The molecule has 538 valence electrons. The van der Waals surface area contributed by atoms with Gasteiger partial charge in [0.1, 0.15) is 0 Å². The topological polar surface area (TPSA) is 338 Å². The molecule has 0 bridgehead atoms. The Kier molecular flexibility index (Phi) is 41.5. The molecule has 0 saturated heterocycles. The summed E-state index contributed by atoms with van der Waals surface area (Å²) in [5.74, 6) is 2.43. The van der Waals surface area contributed by atoms with E-state index in [9.17, 15) is 57.3 Å². The van der Waals surface area contributed by atoms with Gasteiger partial charge in [0.2, 0.25) is 59.1 Å². The lowest BCUT2D eigenvalue weighted by molar-refractivity contribution is -0.127. The minimum absolute atomic E-state index is 0.000205. The third-order valence-corrected chi connectivity index (χ3v) is 19.7. The first-order valence-electron chi connectivity index (χ1n) is 33.5. The minimum atomic E-state index is -1.09. The summed E-state index contributed by atoms with van der Waals surface area (Å²) in [5, 5.41) is 38.2. The molecule has 6 rings (SSSR count). The molecule has 0 spiro atoms. The molecule has 96 heavy (non-hydrogen) atoms. The highest BCUT2D eigenvalue weighted by molar-refractivity contribution is 7.99. The third-order valence-electron chi connectivity index (χ3n) is 15.6. The molecule has 12 atom stereocenters. The van der Waals surface area contributed by atoms with Crippen LogP contribution in [0.1, 0.15) is 117 Å². The van der Waals surface area contributed by atoms with Crippen LogP contribution >= 0.6 is 23.5 Å². The van der Waals surface area contributed by atoms with Crippen molar-refractivity contribution in [2.24, 2.45) is 59.2 Å². The summed E-state index contributed by atoms with van der Waals surface area (Å²) in [6.45, 7) is 31.9. The number of aliphatic hydroxyl groups is 1. The van der Waals surface area contributed by atoms with Crippen LogP contribution < -0.4 is 53.2 Å². The molecule has 5 aliphatic rings. The fourth-order valence-electron chi connectivity index (χ4n) is 8.85. The fourth-order valence-corrected chi connectivity index (χ4v) is 12.0. The number of anilines is 1. The molecule has 0 aromatic heterocycles. The number of β-amino-alcohol motifs (C(OH)–C–C–N with tert-alkyl or cyclic N) is 1. The highest BCUT2D eigenvalue weighted by Gasteiger charge is 2.26. The van der Waals surface area contributed by atoms with E-state index in [0.29, 0.717) is 62.9 Å². The van der Waals surface area contributed by atoms with Gasteiger partial charge in [0, 0.05) is 155 Å². The van der Waals surface area contributed by atoms with Crippen LogP contribution in [0, 0.1) is 59.2 Å². The molecule has 0 saturated carbocycles. The second-order valence-corrected chi connectivity index (χ2v) is 30.1. The molecule has 0 fully saturated rings. The Hall–Kier alpha value is -6.61. The lowest BCUT2D eigenvalue weighted by Crippen LogP contribution is -2.42. The first kappa shape index (κ1) is 85.5. The van der Waals surface area contributed by atoms with Crippen LogP contribution in [-0.4, -0.2) is 173 Å². The second kappa shape index (κ2) is 46.6. The van der Waals surface area contributed by atoms with Crippen LogP contribution in [-0.2, 0) is 63.5 Å². The fraction of sp³-hybridized carbons (Fsp3) is 0.629. The largest absolute Gasteiger partial charge is 0.391 e. The maximum atomic E-state index is 12.3. The van der Waals surface area contributed by atoms with Crippen LogP contribution in [0.3, 0.4) is 0 Å². The van der Waals surface area contributed by atoms with E-state index >= 15 is 0 Å². The molecule has 11 N–H and O–H groups in total. The van der Waals surface area contributed by atoms with Gasteiger partial charge in [-0.2, -0.15) is 11.8 Å². The van der Waals surface area contributed by atoms with Crippen molar-refractivity contribution in [3.8, 4) is 0 Å². The van der Waals surface area contributed by atoms with Crippen molar-refractivity contribution < 1.29 is 62.0 Å². The van der Waals surface area contributed by atoms with Crippen molar-refractivity contribution in [3.05, 3.63) is 85.0 Å². The van der Waals surface area contributed by atoms with Gasteiger partial charge in [0.25, 0.3) is 0 Å². The highest BCUT2D eigenvalue weighted by Crippen LogP contribution is 2.29. The van der Waals surface area contributed by atoms with E-state index in [1.807, 2.05) is 121 Å². The number of amides is 10. The van der Waals surface area contributed by atoms with Crippen LogP contribution in [0.2, 0.25) is 0 Å². The number of hydrogen-bond acceptors (Lipinski definition) is 15. The lowest BCUT2D eigenvalue weighted by atomic mass is 9.98. The van der Waals surface area contributed by atoms with Gasteiger partial charge < -0.3 is 63.0 Å². The average Bonchev–Trinajstić information content (AvgIpc) is 0.947. The highest BCUT2D eigenvalue weighted by atomic mass is 32.2. The van der Waals surface area contributed by atoms with E-state index in [-0.39, 0.29) is 155 Å². The maximum Gasteiger partial charge on any atom is 0.248 e. The number of carbonyl (C=O) groups is 10. The van der Waals surface area contributed by atoms with Gasteiger partial charge in [-0.25, -0.2) is 0 Å². The molecule has 5 aliphatic heterocycles. The van der Waals surface area contributed by atoms with Crippen LogP contribution in [0.4, 0.5) is 5.69 Å². The van der Waals surface area contributed by atoms with Gasteiger partial charge in [-0.3, -0.25) is 52.2 Å². The summed E-state index contributed by atoms with van der Waals surface area (Å²) in [5.41, 5.74) is 0.788. The molecule has 5 heterocycles. The monoisotopic (exact) mass is 1400 g/mol. The minimum Gasteiger partial charge on any atom is -0.391 e. The SMILES string of the molecule is CC(C)[C@H]1/C=C/C(=O)NCCOC[C@H](C)C(=O)N1.CC(C)[C@H]1/C=C/C(=O)NCCS(=O)C[C@H](C)C(=O)N1.CC(C)[C@H]1/C=C/C(=O)NCCSC[C@H](C)C(=O)N1.CC(C)[C@H]1/C=C/C(=O)NC[C@H](O)CC[C@H](C)C(=O)N1.CC(C)[C@H]1/C=C/C(=O)Nc2ccccc2SC[C@H](C)C(=O)N1. The average molecular weight is 1400 g/mol. The third kappa shape index (κ3) is 36.1. The van der Waals surface area contributed by atoms with E-state index < -0.39 is 16.9 Å². The van der Waals surface area contributed by atoms with Crippen molar-refractivity contribution in [2.45, 2.75) is 158 Å². The van der Waals surface area contributed by atoms with Crippen molar-refractivity contribution in [1.82, 2.24) is 47.9 Å². The van der Waals surface area contributed by atoms with E-state index in [1.54, 1.807) is 60.8 Å². The van der Waals surface area contributed by atoms with E-state index in [0.717, 1.165) is 22.1 Å². The molecule has 10 amide bonds. The predicted octanol–water partition coefficient (Wildman–Crippen LogP) is 5.50. The van der Waals surface area contributed by atoms with Gasteiger partial charge in [0.15, 0.2) is 0 Å². The van der Waals surface area contributed by atoms with Gasteiger partial charge in [-0.15, -0.1) is 11.8 Å². The van der Waals surface area contributed by atoms with Gasteiger partial charge in [-0.05, 0) is 54.6 Å². The number of rotatable bonds is 5. The molecule has 26 heteroatoms. The number of ether oxygens (including phenoxy) is 1. The molecule has 0 radical (unpaired) electrons.